The molecule has 4 nitrogen and oxygen atoms in total. The summed E-state index contributed by atoms with van der Waals surface area (Å²) < 4.78 is 5.14. The van der Waals surface area contributed by atoms with Crippen molar-refractivity contribution in [1.82, 2.24) is 15.2 Å². The molecule has 1 rings (SSSR count). The van der Waals surface area contributed by atoms with Crippen LogP contribution in [0.4, 0.5) is 0 Å². The van der Waals surface area contributed by atoms with Crippen LogP contribution in [0.5, 0.6) is 0 Å². The van der Waals surface area contributed by atoms with Gasteiger partial charge >= 0.3 is 0 Å². The maximum absolute atomic E-state index is 5.14. The Kier molecular flexibility index (Phi) is 6.86. The van der Waals surface area contributed by atoms with Gasteiger partial charge in [-0.2, -0.15) is 0 Å². The van der Waals surface area contributed by atoms with E-state index in [0.29, 0.717) is 6.04 Å². The number of rotatable bonds is 8. The van der Waals surface area contributed by atoms with Gasteiger partial charge < -0.3 is 10.1 Å². The van der Waals surface area contributed by atoms with Gasteiger partial charge in [0.25, 0.3) is 0 Å². The molecule has 0 atom stereocenters. The molecule has 0 bridgehead atoms. The van der Waals surface area contributed by atoms with Gasteiger partial charge in [0.1, 0.15) is 0 Å². The molecule has 0 unspecified atom stereocenters. The fraction of sp³-hybridized carbons (Fsp3) is 0.643. The van der Waals surface area contributed by atoms with E-state index >= 15 is 0 Å². The summed E-state index contributed by atoms with van der Waals surface area (Å²) in [7, 11) is 3.68. The summed E-state index contributed by atoms with van der Waals surface area (Å²) in [4.78, 5) is 6.87. The van der Waals surface area contributed by atoms with Gasteiger partial charge in [0, 0.05) is 39.0 Å². The van der Waals surface area contributed by atoms with E-state index < -0.39 is 0 Å². The fourth-order valence-electron chi connectivity index (χ4n) is 1.79. The zero-order valence-electron chi connectivity index (χ0n) is 11.9. The monoisotopic (exact) mass is 251 g/mol. The number of pyridine rings is 1. The first-order valence-corrected chi connectivity index (χ1v) is 6.48. The topological polar surface area (TPSA) is 37.4 Å². The Morgan fingerprint density at radius 2 is 2.17 bits per heavy atom. The molecule has 1 heterocycles. The molecule has 1 aromatic rings. The average molecular weight is 251 g/mol. The third-order valence-corrected chi connectivity index (χ3v) is 2.94. The van der Waals surface area contributed by atoms with Crippen LogP contribution in [-0.4, -0.2) is 43.2 Å². The molecule has 0 aliphatic rings. The van der Waals surface area contributed by atoms with Crippen LogP contribution in [0.1, 0.15) is 25.1 Å². The first-order chi connectivity index (χ1) is 8.67. The SMILES string of the molecule is CNCc1ccc(CN(CCOC)C(C)C)nc1. The highest BCUT2D eigenvalue weighted by Crippen LogP contribution is 2.07. The van der Waals surface area contributed by atoms with Crippen LogP contribution in [0.15, 0.2) is 18.3 Å². The van der Waals surface area contributed by atoms with Crippen LogP contribution in [0, 0.1) is 0 Å². The molecule has 0 saturated heterocycles. The lowest BCUT2D eigenvalue weighted by molar-refractivity contribution is 0.124. The van der Waals surface area contributed by atoms with Crippen molar-refractivity contribution in [3.8, 4) is 0 Å². The normalized spacial score (nSPS) is 11.4. The Hall–Kier alpha value is -0.970. The molecule has 0 fully saturated rings. The molecule has 102 valence electrons. The van der Waals surface area contributed by atoms with Crippen molar-refractivity contribution in [2.24, 2.45) is 0 Å². The number of ether oxygens (including phenoxy) is 1. The summed E-state index contributed by atoms with van der Waals surface area (Å²) in [6, 6.07) is 4.74. The first kappa shape index (κ1) is 15.1. The van der Waals surface area contributed by atoms with Gasteiger partial charge in [0.2, 0.25) is 0 Å². The molecule has 0 aliphatic carbocycles. The second kappa shape index (κ2) is 8.19. The Balaban J connectivity index is 2.57. The predicted octanol–water partition coefficient (Wildman–Crippen LogP) is 1.66. The summed E-state index contributed by atoms with van der Waals surface area (Å²) in [5.74, 6) is 0. The van der Waals surface area contributed by atoms with Crippen molar-refractivity contribution in [3.05, 3.63) is 29.6 Å². The van der Waals surface area contributed by atoms with Crippen molar-refractivity contribution in [2.75, 3.05) is 27.3 Å². The van der Waals surface area contributed by atoms with Gasteiger partial charge in [-0.3, -0.25) is 9.88 Å². The van der Waals surface area contributed by atoms with Crippen LogP contribution >= 0.6 is 0 Å². The highest BCUT2D eigenvalue weighted by Gasteiger charge is 2.10. The second-order valence-electron chi connectivity index (χ2n) is 4.75. The van der Waals surface area contributed by atoms with E-state index in [-0.39, 0.29) is 0 Å². The number of hydrogen-bond donors (Lipinski definition) is 1. The molecule has 0 saturated carbocycles. The zero-order valence-corrected chi connectivity index (χ0v) is 11.9. The number of hydrogen-bond acceptors (Lipinski definition) is 4. The van der Waals surface area contributed by atoms with Gasteiger partial charge in [-0.1, -0.05) is 6.07 Å². The van der Waals surface area contributed by atoms with Gasteiger partial charge in [-0.05, 0) is 32.5 Å². The fourth-order valence-corrected chi connectivity index (χ4v) is 1.79. The first-order valence-electron chi connectivity index (χ1n) is 6.48. The molecular weight excluding hydrogens is 226 g/mol. The largest absolute Gasteiger partial charge is 0.383 e. The van der Waals surface area contributed by atoms with Crippen molar-refractivity contribution in [1.29, 1.82) is 0 Å². The molecule has 0 aromatic carbocycles. The lowest BCUT2D eigenvalue weighted by atomic mass is 10.2. The van der Waals surface area contributed by atoms with E-state index in [0.717, 1.165) is 31.9 Å². The van der Waals surface area contributed by atoms with Gasteiger partial charge in [0.15, 0.2) is 0 Å². The standard InChI is InChI=1S/C14H25N3O/c1-12(2)17(7-8-18-4)11-14-6-5-13(9-15-3)10-16-14/h5-6,10,12,15H,7-9,11H2,1-4H3. The molecule has 1 N–H and O–H groups in total. The summed E-state index contributed by atoms with van der Waals surface area (Å²) in [5.41, 5.74) is 2.33. The molecular formula is C14H25N3O. The van der Waals surface area contributed by atoms with E-state index in [9.17, 15) is 0 Å². The summed E-state index contributed by atoms with van der Waals surface area (Å²) in [5, 5.41) is 3.12. The Morgan fingerprint density at radius 1 is 1.39 bits per heavy atom. The minimum Gasteiger partial charge on any atom is -0.383 e. The van der Waals surface area contributed by atoms with Crippen molar-refractivity contribution < 1.29 is 4.74 Å². The predicted molar refractivity (Wildman–Crippen MR) is 74.4 cm³/mol. The Bertz CT molecular complexity index is 324. The summed E-state index contributed by atoms with van der Waals surface area (Å²) >= 11 is 0. The number of nitrogens with one attached hydrogen (secondary N) is 1. The summed E-state index contributed by atoms with van der Waals surface area (Å²) in [6.07, 6.45) is 1.95. The molecule has 4 heteroatoms. The van der Waals surface area contributed by atoms with Crippen molar-refractivity contribution in [3.63, 3.8) is 0 Å². The maximum atomic E-state index is 5.14. The van der Waals surface area contributed by atoms with E-state index in [4.69, 9.17) is 4.74 Å². The maximum Gasteiger partial charge on any atom is 0.0589 e. The number of aromatic nitrogens is 1. The molecule has 0 radical (unpaired) electrons. The average Bonchev–Trinajstić information content (AvgIpc) is 2.36. The van der Waals surface area contributed by atoms with Crippen LogP contribution in [-0.2, 0) is 17.8 Å². The number of methoxy groups -OCH3 is 1. The second-order valence-corrected chi connectivity index (χ2v) is 4.75. The third-order valence-electron chi connectivity index (χ3n) is 2.94. The molecule has 0 amide bonds. The van der Waals surface area contributed by atoms with Crippen molar-refractivity contribution in [2.45, 2.75) is 33.0 Å². The third kappa shape index (κ3) is 5.12. The Labute approximate surface area is 110 Å². The van der Waals surface area contributed by atoms with Crippen LogP contribution < -0.4 is 5.32 Å². The lowest BCUT2D eigenvalue weighted by Gasteiger charge is -2.25. The van der Waals surface area contributed by atoms with E-state index in [1.54, 1.807) is 7.11 Å². The smallest absolute Gasteiger partial charge is 0.0589 e. The zero-order chi connectivity index (χ0) is 13.4. The summed E-state index contributed by atoms with van der Waals surface area (Å²) in [6.45, 7) is 7.84. The molecule has 0 spiro atoms. The van der Waals surface area contributed by atoms with E-state index in [2.05, 4.69) is 41.2 Å². The highest BCUT2D eigenvalue weighted by molar-refractivity contribution is 5.13. The molecule has 1 aromatic heterocycles. The number of nitrogens with zero attached hydrogens (tertiary/aromatic N) is 2. The van der Waals surface area contributed by atoms with Gasteiger partial charge in [0.05, 0.1) is 12.3 Å². The molecule has 18 heavy (non-hydrogen) atoms. The van der Waals surface area contributed by atoms with E-state index in [1.165, 1.54) is 5.56 Å². The van der Waals surface area contributed by atoms with Crippen molar-refractivity contribution >= 4 is 0 Å². The van der Waals surface area contributed by atoms with E-state index in [1.807, 2.05) is 13.2 Å². The van der Waals surface area contributed by atoms with Gasteiger partial charge in [-0.15, -0.1) is 0 Å². The molecule has 0 aliphatic heterocycles. The minimum atomic E-state index is 0.499. The highest BCUT2D eigenvalue weighted by atomic mass is 16.5. The van der Waals surface area contributed by atoms with Crippen LogP contribution in [0.25, 0.3) is 0 Å². The van der Waals surface area contributed by atoms with Gasteiger partial charge in [-0.25, -0.2) is 0 Å². The Morgan fingerprint density at radius 3 is 2.67 bits per heavy atom. The van der Waals surface area contributed by atoms with Crippen LogP contribution in [0.2, 0.25) is 0 Å². The quantitative estimate of drug-likeness (QED) is 0.762. The minimum absolute atomic E-state index is 0.499. The lowest BCUT2D eigenvalue weighted by Crippen LogP contribution is -2.33. The van der Waals surface area contributed by atoms with Crippen LogP contribution in [0.3, 0.4) is 0 Å².